The van der Waals surface area contributed by atoms with Gasteiger partial charge in [-0.25, -0.2) is 0 Å². The summed E-state index contributed by atoms with van der Waals surface area (Å²) in [6.07, 6.45) is 25.0. The van der Waals surface area contributed by atoms with Gasteiger partial charge in [0, 0.05) is 12.8 Å². The lowest BCUT2D eigenvalue weighted by atomic mass is 10.0. The van der Waals surface area contributed by atoms with Crippen molar-refractivity contribution in [2.75, 3.05) is 0 Å². The maximum atomic E-state index is 11.9. The van der Waals surface area contributed by atoms with Crippen LogP contribution in [0.5, 0.6) is 0 Å². The Kier molecular flexibility index (Phi) is 21.2. The topological polar surface area (TPSA) is 69.6 Å². The van der Waals surface area contributed by atoms with E-state index < -0.39 is 5.91 Å². The molecule has 0 spiro atoms. The molecule has 4 nitrogen and oxygen atoms in total. The van der Waals surface area contributed by atoms with Crippen LogP contribution in [0.1, 0.15) is 155 Å². The first-order chi connectivity index (χ1) is 14.5. The molecule has 180 valence electrons. The fraction of sp³-hybridized carbons (Fsp3) is 0.962. The Labute approximate surface area is 187 Å². The van der Waals surface area contributed by atoms with Crippen molar-refractivity contribution in [3.8, 4) is 0 Å². The van der Waals surface area contributed by atoms with Gasteiger partial charge in [0.25, 0.3) is 0 Å². The average Bonchev–Trinajstić information content (AvgIpc) is 2.70. The maximum absolute atomic E-state index is 11.9. The van der Waals surface area contributed by atoms with Gasteiger partial charge in [0.1, 0.15) is 0 Å². The zero-order chi connectivity index (χ0) is 22.3. The number of hydrogen-bond acceptors (Lipinski definition) is 3. The molecule has 4 heteroatoms. The maximum Gasteiger partial charge on any atom is 0.246 e. The van der Waals surface area contributed by atoms with E-state index in [1.165, 1.54) is 96.3 Å². The van der Waals surface area contributed by atoms with Gasteiger partial charge in [-0.05, 0) is 12.8 Å². The van der Waals surface area contributed by atoms with Gasteiger partial charge in [-0.3, -0.25) is 4.79 Å². The third-order valence-corrected chi connectivity index (χ3v) is 5.98. The molecule has 0 aliphatic rings. The number of rotatable bonds is 23. The zero-order valence-electron chi connectivity index (χ0n) is 20.4. The van der Waals surface area contributed by atoms with Gasteiger partial charge in [0.2, 0.25) is 11.8 Å². The van der Waals surface area contributed by atoms with E-state index in [2.05, 4.69) is 19.2 Å². The number of carbonyl (C=O) groups is 1. The summed E-state index contributed by atoms with van der Waals surface area (Å²) in [6, 6.07) is 0. The average molecular weight is 428 g/mol. The van der Waals surface area contributed by atoms with Gasteiger partial charge < -0.3 is 15.5 Å². The van der Waals surface area contributed by atoms with Crippen LogP contribution in [0.3, 0.4) is 0 Å². The normalized spacial score (nSPS) is 11.7. The van der Waals surface area contributed by atoms with Crippen molar-refractivity contribution in [2.45, 2.75) is 161 Å². The quantitative estimate of drug-likeness (QED) is 0.118. The number of amides is 1. The van der Waals surface area contributed by atoms with Crippen molar-refractivity contribution in [3.63, 3.8) is 0 Å². The Morgan fingerprint density at radius 1 is 0.567 bits per heavy atom. The Morgan fingerprint density at radius 3 is 1.30 bits per heavy atom. The fourth-order valence-electron chi connectivity index (χ4n) is 3.98. The van der Waals surface area contributed by atoms with E-state index in [4.69, 9.17) is 0 Å². The second kappa shape index (κ2) is 21.6. The minimum absolute atomic E-state index is 0.213. The summed E-state index contributed by atoms with van der Waals surface area (Å²) in [6.45, 7) is 4.46. The van der Waals surface area contributed by atoms with Crippen molar-refractivity contribution >= 4 is 5.91 Å². The van der Waals surface area contributed by atoms with E-state index in [-0.39, 0.29) is 12.3 Å². The van der Waals surface area contributed by atoms with Crippen LogP contribution >= 0.6 is 0 Å². The molecule has 3 N–H and O–H groups in total. The third-order valence-electron chi connectivity index (χ3n) is 5.98. The lowest BCUT2D eigenvalue weighted by Gasteiger charge is -2.23. The molecule has 0 saturated carbocycles. The predicted octanol–water partition coefficient (Wildman–Crippen LogP) is 7.36. The summed E-state index contributed by atoms with van der Waals surface area (Å²) in [5, 5.41) is 22.3. The molecule has 0 aliphatic heterocycles. The summed E-state index contributed by atoms with van der Waals surface area (Å²) >= 11 is 0. The van der Waals surface area contributed by atoms with Crippen molar-refractivity contribution < 1.29 is 15.0 Å². The summed E-state index contributed by atoms with van der Waals surface area (Å²) < 4.78 is 0. The first-order valence-electron chi connectivity index (χ1n) is 13.3. The highest BCUT2D eigenvalue weighted by molar-refractivity contribution is 5.76. The first-order valence-corrected chi connectivity index (χ1v) is 13.3. The van der Waals surface area contributed by atoms with E-state index in [9.17, 15) is 15.0 Å². The Hall–Kier alpha value is -0.610. The Bertz CT molecular complexity index is 371. The van der Waals surface area contributed by atoms with Crippen LogP contribution in [0.25, 0.3) is 0 Å². The molecular formula is C26H53NO3. The van der Waals surface area contributed by atoms with Crippen LogP contribution in [-0.4, -0.2) is 22.0 Å². The van der Waals surface area contributed by atoms with E-state index in [0.29, 0.717) is 6.42 Å². The van der Waals surface area contributed by atoms with Gasteiger partial charge >= 0.3 is 0 Å². The van der Waals surface area contributed by atoms with Crippen molar-refractivity contribution in [2.24, 2.45) is 0 Å². The lowest BCUT2D eigenvalue weighted by molar-refractivity contribution is -0.194. The summed E-state index contributed by atoms with van der Waals surface area (Å²) in [5.74, 6) is -2.29. The number of unbranched alkanes of at least 4 members (excludes halogenated alkanes) is 18. The minimum atomic E-state index is -2.04. The fourth-order valence-corrected chi connectivity index (χ4v) is 3.98. The van der Waals surface area contributed by atoms with Gasteiger partial charge in [0.05, 0.1) is 0 Å². The monoisotopic (exact) mass is 427 g/mol. The largest absolute Gasteiger partial charge is 0.349 e. The van der Waals surface area contributed by atoms with Crippen molar-refractivity contribution in [3.05, 3.63) is 0 Å². The first kappa shape index (κ1) is 29.4. The highest BCUT2D eigenvalue weighted by Gasteiger charge is 2.24. The van der Waals surface area contributed by atoms with E-state index >= 15 is 0 Å². The summed E-state index contributed by atoms with van der Waals surface area (Å²) in [7, 11) is 0. The van der Waals surface area contributed by atoms with Gasteiger partial charge in [0.15, 0.2) is 0 Å². The van der Waals surface area contributed by atoms with Gasteiger partial charge in [-0.15, -0.1) is 0 Å². The van der Waals surface area contributed by atoms with Crippen LogP contribution in [0.15, 0.2) is 0 Å². The number of nitrogens with one attached hydrogen (secondary N) is 1. The van der Waals surface area contributed by atoms with Crippen molar-refractivity contribution in [1.29, 1.82) is 0 Å². The molecule has 0 radical (unpaired) electrons. The van der Waals surface area contributed by atoms with E-state index in [1.807, 2.05) is 0 Å². The number of hydrogen-bond donors (Lipinski definition) is 3. The van der Waals surface area contributed by atoms with Gasteiger partial charge in [-0.1, -0.05) is 129 Å². The molecule has 0 aromatic carbocycles. The van der Waals surface area contributed by atoms with Gasteiger partial charge in [-0.2, -0.15) is 0 Å². The lowest BCUT2D eigenvalue weighted by Crippen LogP contribution is -2.48. The molecule has 0 unspecified atom stereocenters. The van der Waals surface area contributed by atoms with E-state index in [0.717, 1.165) is 32.1 Å². The molecular weight excluding hydrogens is 374 g/mol. The molecule has 0 aromatic heterocycles. The molecule has 0 atom stereocenters. The summed E-state index contributed by atoms with van der Waals surface area (Å²) in [4.78, 5) is 11.9. The zero-order valence-corrected chi connectivity index (χ0v) is 20.4. The third kappa shape index (κ3) is 22.1. The SMILES string of the molecule is CCCCCCCCCCCCCCCC(=O)NC(O)(O)CCCCCCCCC. The molecule has 0 fully saturated rings. The number of aliphatic hydroxyl groups is 2. The van der Waals surface area contributed by atoms with Crippen LogP contribution in [0.4, 0.5) is 0 Å². The predicted molar refractivity (Wildman–Crippen MR) is 128 cm³/mol. The van der Waals surface area contributed by atoms with Crippen molar-refractivity contribution in [1.82, 2.24) is 5.32 Å². The van der Waals surface area contributed by atoms with Crippen LogP contribution < -0.4 is 5.32 Å². The second-order valence-electron chi connectivity index (χ2n) is 9.23. The molecule has 0 saturated heterocycles. The molecule has 0 aliphatic carbocycles. The molecule has 0 aromatic rings. The Morgan fingerprint density at radius 2 is 0.900 bits per heavy atom. The van der Waals surface area contributed by atoms with Crippen LogP contribution in [0.2, 0.25) is 0 Å². The molecule has 30 heavy (non-hydrogen) atoms. The Balaban J connectivity index is 3.44. The standard InChI is InChI=1S/C26H53NO3/c1-3-5-7-9-11-12-13-14-15-16-17-19-21-23-25(28)27-26(29,30)24-22-20-18-10-8-6-4-2/h29-30H,3-24H2,1-2H3,(H,27,28). The minimum Gasteiger partial charge on any atom is -0.349 e. The van der Waals surface area contributed by atoms with Crippen LogP contribution in [-0.2, 0) is 4.79 Å². The molecule has 0 bridgehead atoms. The highest BCUT2D eigenvalue weighted by atomic mass is 16.5. The van der Waals surface area contributed by atoms with Crippen LogP contribution in [0, 0.1) is 0 Å². The van der Waals surface area contributed by atoms with E-state index in [1.54, 1.807) is 0 Å². The summed E-state index contributed by atoms with van der Waals surface area (Å²) in [5.41, 5.74) is 0. The molecule has 0 rings (SSSR count). The molecule has 1 amide bonds. The smallest absolute Gasteiger partial charge is 0.246 e. The molecule has 0 heterocycles. The number of carbonyl (C=O) groups excluding carboxylic acids is 1. The highest BCUT2D eigenvalue weighted by Crippen LogP contribution is 2.15. The second-order valence-corrected chi connectivity index (χ2v) is 9.23.